The molecular formula is C15H17N2O+. The molecule has 18 heavy (non-hydrogen) atoms. The maximum absolute atomic E-state index is 12.0. The van der Waals surface area contributed by atoms with E-state index in [0.29, 0.717) is 6.54 Å². The monoisotopic (exact) mass is 241 g/mol. The smallest absolute Gasteiger partial charge is 0.290 e. The van der Waals surface area contributed by atoms with Crippen molar-refractivity contribution in [3.63, 3.8) is 0 Å². The van der Waals surface area contributed by atoms with Crippen LogP contribution in [0.1, 0.15) is 11.1 Å². The lowest BCUT2D eigenvalue weighted by atomic mass is 10.1. The Morgan fingerprint density at radius 3 is 2.28 bits per heavy atom. The number of rotatable bonds is 3. The quantitative estimate of drug-likeness (QED) is 0.821. The van der Waals surface area contributed by atoms with Gasteiger partial charge in [-0.15, -0.1) is 0 Å². The van der Waals surface area contributed by atoms with Crippen molar-refractivity contribution in [2.45, 2.75) is 20.4 Å². The molecule has 3 heteroatoms. The molecule has 0 bridgehead atoms. The molecule has 1 aromatic carbocycles. The minimum Gasteiger partial charge on any atom is -0.320 e. The van der Waals surface area contributed by atoms with Crippen LogP contribution in [0.3, 0.4) is 0 Å². The van der Waals surface area contributed by atoms with E-state index >= 15 is 0 Å². The minimum atomic E-state index is -0.0106. The molecule has 0 aliphatic rings. The summed E-state index contributed by atoms with van der Waals surface area (Å²) in [6, 6.07) is 11.7. The maximum Gasteiger partial charge on any atom is 0.290 e. The van der Waals surface area contributed by atoms with Crippen molar-refractivity contribution in [2.24, 2.45) is 0 Å². The number of para-hydroxylation sites is 1. The van der Waals surface area contributed by atoms with Gasteiger partial charge in [0.1, 0.15) is 0 Å². The van der Waals surface area contributed by atoms with Crippen LogP contribution in [-0.4, -0.2) is 5.91 Å². The van der Waals surface area contributed by atoms with Gasteiger partial charge in [-0.3, -0.25) is 4.79 Å². The lowest BCUT2D eigenvalue weighted by Crippen LogP contribution is -2.39. The summed E-state index contributed by atoms with van der Waals surface area (Å²) in [6.07, 6.45) is 3.76. The van der Waals surface area contributed by atoms with Gasteiger partial charge in [-0.1, -0.05) is 24.3 Å². The summed E-state index contributed by atoms with van der Waals surface area (Å²) >= 11 is 0. The highest BCUT2D eigenvalue weighted by molar-refractivity contribution is 5.91. The number of nitrogens with zero attached hydrogens (tertiary/aromatic N) is 1. The van der Waals surface area contributed by atoms with Crippen LogP contribution < -0.4 is 9.88 Å². The summed E-state index contributed by atoms with van der Waals surface area (Å²) < 4.78 is 1.85. The maximum atomic E-state index is 12.0. The fourth-order valence-electron chi connectivity index (χ4n) is 1.90. The lowest BCUT2D eigenvalue weighted by molar-refractivity contribution is -0.684. The van der Waals surface area contributed by atoms with Crippen LogP contribution in [0.25, 0.3) is 0 Å². The van der Waals surface area contributed by atoms with E-state index in [0.717, 1.165) is 16.8 Å². The summed E-state index contributed by atoms with van der Waals surface area (Å²) in [5.74, 6) is -0.0106. The minimum absolute atomic E-state index is 0.0106. The van der Waals surface area contributed by atoms with Crippen LogP contribution in [0, 0.1) is 13.8 Å². The summed E-state index contributed by atoms with van der Waals surface area (Å²) in [5.41, 5.74) is 3.09. The summed E-state index contributed by atoms with van der Waals surface area (Å²) in [5, 5.41) is 2.97. The molecule has 1 aromatic heterocycles. The number of carbonyl (C=O) groups is 1. The van der Waals surface area contributed by atoms with Gasteiger partial charge in [-0.05, 0) is 25.0 Å². The van der Waals surface area contributed by atoms with Gasteiger partial charge in [0.05, 0.1) is 0 Å². The van der Waals surface area contributed by atoms with E-state index in [2.05, 4.69) is 5.32 Å². The number of pyridine rings is 1. The van der Waals surface area contributed by atoms with Gasteiger partial charge in [0.2, 0.25) is 6.54 Å². The van der Waals surface area contributed by atoms with Crippen molar-refractivity contribution in [3.8, 4) is 0 Å². The Bertz CT molecular complexity index is 529. The van der Waals surface area contributed by atoms with Crippen molar-refractivity contribution in [1.29, 1.82) is 0 Å². The van der Waals surface area contributed by atoms with E-state index in [9.17, 15) is 4.79 Å². The Hall–Kier alpha value is -2.16. The topological polar surface area (TPSA) is 33.0 Å². The van der Waals surface area contributed by atoms with Crippen molar-refractivity contribution < 1.29 is 9.36 Å². The third-order valence-corrected chi connectivity index (χ3v) is 2.85. The largest absolute Gasteiger partial charge is 0.320 e. The van der Waals surface area contributed by atoms with Crippen LogP contribution in [0.4, 0.5) is 5.69 Å². The molecule has 92 valence electrons. The highest BCUT2D eigenvalue weighted by Gasteiger charge is 2.11. The van der Waals surface area contributed by atoms with Crippen LogP contribution in [0.15, 0.2) is 48.8 Å². The van der Waals surface area contributed by atoms with Crippen molar-refractivity contribution in [1.82, 2.24) is 0 Å². The molecule has 0 unspecified atom stereocenters. The molecule has 1 N–H and O–H groups in total. The van der Waals surface area contributed by atoms with Crippen LogP contribution >= 0.6 is 0 Å². The third kappa shape index (κ3) is 2.94. The first-order valence-electron chi connectivity index (χ1n) is 5.97. The van der Waals surface area contributed by atoms with Gasteiger partial charge in [0.25, 0.3) is 5.91 Å². The second-order valence-corrected chi connectivity index (χ2v) is 4.36. The molecule has 0 atom stereocenters. The summed E-state index contributed by atoms with van der Waals surface area (Å²) in [6.45, 7) is 4.32. The molecule has 0 spiro atoms. The zero-order valence-electron chi connectivity index (χ0n) is 10.7. The standard InChI is InChI=1S/C15H16N2O/c1-12-7-6-8-13(2)15(12)16-14(18)11-17-9-4-3-5-10-17/h3-10H,11H2,1-2H3/p+1. The number of carbonyl (C=O) groups excluding carboxylic acids is 1. The third-order valence-electron chi connectivity index (χ3n) is 2.85. The number of aromatic nitrogens is 1. The summed E-state index contributed by atoms with van der Waals surface area (Å²) in [4.78, 5) is 12.0. The van der Waals surface area contributed by atoms with E-state index in [1.807, 2.05) is 67.2 Å². The molecule has 3 nitrogen and oxygen atoms in total. The molecule has 0 aliphatic heterocycles. The molecular weight excluding hydrogens is 224 g/mol. The van der Waals surface area contributed by atoms with Crippen LogP contribution in [0.5, 0.6) is 0 Å². The zero-order chi connectivity index (χ0) is 13.0. The number of nitrogens with one attached hydrogen (secondary N) is 1. The average molecular weight is 241 g/mol. The van der Waals surface area contributed by atoms with Crippen LogP contribution in [-0.2, 0) is 11.3 Å². The molecule has 0 saturated carbocycles. The number of hydrogen-bond donors (Lipinski definition) is 1. The number of hydrogen-bond acceptors (Lipinski definition) is 1. The second-order valence-electron chi connectivity index (χ2n) is 4.36. The molecule has 1 heterocycles. The Labute approximate surface area is 107 Å². The molecule has 2 rings (SSSR count). The predicted octanol–water partition coefficient (Wildman–Crippen LogP) is 2.23. The van der Waals surface area contributed by atoms with E-state index in [-0.39, 0.29) is 5.91 Å². The Morgan fingerprint density at radius 1 is 1.06 bits per heavy atom. The van der Waals surface area contributed by atoms with Gasteiger partial charge in [0, 0.05) is 17.8 Å². The van der Waals surface area contributed by atoms with Crippen LogP contribution in [0.2, 0.25) is 0 Å². The van der Waals surface area contributed by atoms with Gasteiger partial charge in [0.15, 0.2) is 12.4 Å². The molecule has 0 radical (unpaired) electrons. The summed E-state index contributed by atoms with van der Waals surface area (Å²) in [7, 11) is 0. The highest BCUT2D eigenvalue weighted by Crippen LogP contribution is 2.18. The normalized spacial score (nSPS) is 10.1. The fourth-order valence-corrected chi connectivity index (χ4v) is 1.90. The van der Waals surface area contributed by atoms with Gasteiger partial charge < -0.3 is 5.32 Å². The first-order valence-corrected chi connectivity index (χ1v) is 5.97. The molecule has 0 aliphatic carbocycles. The fraction of sp³-hybridized carbons (Fsp3) is 0.200. The molecule has 2 aromatic rings. The molecule has 0 saturated heterocycles. The second kappa shape index (κ2) is 5.45. The number of aryl methyl sites for hydroxylation is 2. The SMILES string of the molecule is Cc1cccc(C)c1NC(=O)C[n+]1ccccc1. The number of benzene rings is 1. The number of anilines is 1. The first-order chi connectivity index (χ1) is 8.66. The Kier molecular flexibility index (Phi) is 3.72. The van der Waals surface area contributed by atoms with E-state index in [1.165, 1.54) is 0 Å². The lowest BCUT2D eigenvalue weighted by Gasteiger charge is -2.09. The first kappa shape index (κ1) is 12.3. The molecule has 1 amide bonds. The average Bonchev–Trinajstić information content (AvgIpc) is 2.35. The molecule has 0 fully saturated rings. The van der Waals surface area contributed by atoms with E-state index in [1.54, 1.807) is 0 Å². The van der Waals surface area contributed by atoms with Gasteiger partial charge in [-0.25, -0.2) is 0 Å². The zero-order valence-corrected chi connectivity index (χ0v) is 10.7. The van der Waals surface area contributed by atoms with Gasteiger partial charge in [-0.2, -0.15) is 4.57 Å². The van der Waals surface area contributed by atoms with Crippen molar-refractivity contribution in [2.75, 3.05) is 5.32 Å². The Morgan fingerprint density at radius 2 is 1.67 bits per heavy atom. The predicted molar refractivity (Wildman–Crippen MR) is 71.2 cm³/mol. The van der Waals surface area contributed by atoms with Gasteiger partial charge >= 0.3 is 0 Å². The van der Waals surface area contributed by atoms with Crippen molar-refractivity contribution in [3.05, 3.63) is 59.9 Å². The van der Waals surface area contributed by atoms with E-state index < -0.39 is 0 Å². The van der Waals surface area contributed by atoms with E-state index in [4.69, 9.17) is 0 Å². The van der Waals surface area contributed by atoms with Crippen molar-refractivity contribution >= 4 is 11.6 Å². The number of amides is 1. The Balaban J connectivity index is 2.08. The highest BCUT2D eigenvalue weighted by atomic mass is 16.1.